The molecule has 0 saturated heterocycles. The molecule has 3 rings (SSSR count). The largest absolute Gasteiger partial charge is 0.478 e. The van der Waals surface area contributed by atoms with Crippen molar-refractivity contribution in [3.8, 4) is 5.88 Å². The summed E-state index contributed by atoms with van der Waals surface area (Å²) in [6.07, 6.45) is 3.68. The van der Waals surface area contributed by atoms with Crippen LogP contribution in [0.2, 0.25) is 0 Å². The smallest absolute Gasteiger partial charge is 0.213 e. The second kappa shape index (κ2) is 8.80. The van der Waals surface area contributed by atoms with Crippen LogP contribution in [0.3, 0.4) is 0 Å². The van der Waals surface area contributed by atoms with Crippen LogP contribution in [0.25, 0.3) is 5.65 Å². The molecule has 3 heterocycles. The van der Waals surface area contributed by atoms with Gasteiger partial charge >= 0.3 is 0 Å². The summed E-state index contributed by atoms with van der Waals surface area (Å²) < 4.78 is 7.38. The number of aromatic nitrogens is 4. The highest BCUT2D eigenvalue weighted by Crippen LogP contribution is 2.10. The lowest BCUT2D eigenvalue weighted by atomic mass is 10.3. The van der Waals surface area contributed by atoms with E-state index in [1.54, 1.807) is 6.20 Å². The molecule has 8 nitrogen and oxygen atoms in total. The molecule has 0 aromatic carbocycles. The van der Waals surface area contributed by atoms with Crippen LogP contribution >= 0.6 is 0 Å². The first-order chi connectivity index (χ1) is 12.8. The highest BCUT2D eigenvalue weighted by Gasteiger charge is 2.06. The Kier molecular flexibility index (Phi) is 5.97. The third-order valence-corrected chi connectivity index (χ3v) is 3.65. The van der Waals surface area contributed by atoms with Crippen molar-refractivity contribution in [1.29, 1.82) is 0 Å². The average molecular weight is 353 g/mol. The molecule has 8 heteroatoms. The van der Waals surface area contributed by atoms with Crippen LogP contribution in [0.5, 0.6) is 5.88 Å². The number of ether oxygens (including phenoxy) is 1. The number of fused-ring (bicyclic) bond motifs is 1. The van der Waals surface area contributed by atoms with Gasteiger partial charge < -0.3 is 15.4 Å². The first-order valence-electron chi connectivity index (χ1n) is 8.68. The molecule has 0 aliphatic carbocycles. The molecular formula is C18H23N7O. The Hall–Kier alpha value is -3.16. The fourth-order valence-corrected chi connectivity index (χ4v) is 2.46. The Bertz CT molecular complexity index is 875. The van der Waals surface area contributed by atoms with Crippen molar-refractivity contribution in [3.05, 3.63) is 54.1 Å². The van der Waals surface area contributed by atoms with E-state index >= 15 is 0 Å². The van der Waals surface area contributed by atoms with Crippen LogP contribution in [0.15, 0.2) is 47.7 Å². The van der Waals surface area contributed by atoms with Gasteiger partial charge in [-0.15, -0.1) is 10.2 Å². The molecule has 0 radical (unpaired) electrons. The summed E-state index contributed by atoms with van der Waals surface area (Å²) in [5.74, 6) is 2.16. The van der Waals surface area contributed by atoms with E-state index in [1.165, 1.54) is 0 Å². The van der Waals surface area contributed by atoms with Gasteiger partial charge in [0.05, 0.1) is 19.7 Å². The minimum absolute atomic E-state index is 0.525. The molecule has 0 aliphatic rings. The summed E-state index contributed by atoms with van der Waals surface area (Å²) in [6, 6.07) is 9.66. The molecule has 3 aromatic heterocycles. The molecule has 2 N–H and O–H groups in total. The van der Waals surface area contributed by atoms with Crippen molar-refractivity contribution >= 4 is 11.6 Å². The van der Waals surface area contributed by atoms with E-state index in [0.29, 0.717) is 25.6 Å². The summed E-state index contributed by atoms with van der Waals surface area (Å²) >= 11 is 0. The van der Waals surface area contributed by atoms with E-state index in [9.17, 15) is 0 Å². The van der Waals surface area contributed by atoms with Gasteiger partial charge in [0.25, 0.3) is 0 Å². The predicted molar refractivity (Wildman–Crippen MR) is 100 cm³/mol. The van der Waals surface area contributed by atoms with Crippen molar-refractivity contribution in [2.75, 3.05) is 13.2 Å². The fourth-order valence-electron chi connectivity index (χ4n) is 2.46. The van der Waals surface area contributed by atoms with Gasteiger partial charge in [0.2, 0.25) is 5.88 Å². The standard InChI is InChI=1S/C18H23N7O/c1-3-19-18(21-12-14-8-9-20-17(11-14)26-4-2)22-13-16-24-23-15-7-5-6-10-25(15)16/h5-11H,3-4,12-13H2,1-2H3,(H2,19,21,22). The van der Waals surface area contributed by atoms with Crippen LogP contribution in [0.1, 0.15) is 25.2 Å². The molecule has 3 aromatic rings. The lowest BCUT2D eigenvalue weighted by molar-refractivity contribution is 0.326. The zero-order chi connectivity index (χ0) is 18.2. The van der Waals surface area contributed by atoms with E-state index in [2.05, 4.69) is 30.8 Å². The van der Waals surface area contributed by atoms with Crippen LogP contribution < -0.4 is 15.4 Å². The van der Waals surface area contributed by atoms with E-state index < -0.39 is 0 Å². The first-order valence-corrected chi connectivity index (χ1v) is 8.68. The SMILES string of the molecule is CCNC(=NCc1ccnc(OCC)c1)NCc1nnc2ccccn12. The Balaban J connectivity index is 1.66. The average Bonchev–Trinajstić information content (AvgIpc) is 3.08. The van der Waals surface area contributed by atoms with Crippen LogP contribution in [0, 0.1) is 0 Å². The Morgan fingerprint density at radius 1 is 1.19 bits per heavy atom. The topological polar surface area (TPSA) is 88.7 Å². The van der Waals surface area contributed by atoms with Gasteiger partial charge in [0.15, 0.2) is 17.4 Å². The molecule has 136 valence electrons. The number of hydrogen-bond acceptors (Lipinski definition) is 5. The van der Waals surface area contributed by atoms with Crippen LogP contribution in [-0.2, 0) is 13.1 Å². The van der Waals surface area contributed by atoms with Gasteiger partial charge in [0.1, 0.15) is 0 Å². The molecule has 0 atom stereocenters. The number of hydrogen-bond donors (Lipinski definition) is 2. The van der Waals surface area contributed by atoms with Gasteiger partial charge in [-0.25, -0.2) is 9.98 Å². The van der Waals surface area contributed by atoms with E-state index in [1.807, 2.05) is 54.8 Å². The quantitative estimate of drug-likeness (QED) is 0.497. The monoisotopic (exact) mass is 353 g/mol. The summed E-state index contributed by atoms with van der Waals surface area (Å²) in [5.41, 5.74) is 1.86. The molecule has 0 bridgehead atoms. The normalized spacial score (nSPS) is 11.5. The minimum atomic E-state index is 0.525. The molecule has 0 unspecified atom stereocenters. The van der Waals surface area contributed by atoms with Crippen molar-refractivity contribution in [2.45, 2.75) is 26.9 Å². The summed E-state index contributed by atoms with van der Waals surface area (Å²) in [5, 5.41) is 14.9. The van der Waals surface area contributed by atoms with Gasteiger partial charge in [0, 0.05) is 25.0 Å². The lowest BCUT2D eigenvalue weighted by Gasteiger charge is -2.11. The molecule has 0 saturated carbocycles. The summed E-state index contributed by atoms with van der Waals surface area (Å²) in [4.78, 5) is 8.79. The van der Waals surface area contributed by atoms with Gasteiger partial charge in [-0.2, -0.15) is 0 Å². The van der Waals surface area contributed by atoms with E-state index in [-0.39, 0.29) is 0 Å². The van der Waals surface area contributed by atoms with Crippen LogP contribution in [-0.4, -0.2) is 38.7 Å². The maximum atomic E-state index is 5.43. The summed E-state index contributed by atoms with van der Waals surface area (Å²) in [6.45, 7) is 6.39. The van der Waals surface area contributed by atoms with Crippen LogP contribution in [0.4, 0.5) is 0 Å². The summed E-state index contributed by atoms with van der Waals surface area (Å²) in [7, 11) is 0. The molecular weight excluding hydrogens is 330 g/mol. The Morgan fingerprint density at radius 2 is 2.12 bits per heavy atom. The van der Waals surface area contributed by atoms with E-state index in [0.717, 1.165) is 29.5 Å². The predicted octanol–water partition coefficient (Wildman–Crippen LogP) is 1.78. The Labute approximate surface area is 152 Å². The molecule has 0 amide bonds. The number of aliphatic imine (C=N–C) groups is 1. The molecule has 26 heavy (non-hydrogen) atoms. The molecule has 0 fully saturated rings. The molecule has 0 aliphatic heterocycles. The zero-order valence-corrected chi connectivity index (χ0v) is 15.0. The highest BCUT2D eigenvalue weighted by molar-refractivity contribution is 5.79. The lowest BCUT2D eigenvalue weighted by Crippen LogP contribution is -2.37. The maximum absolute atomic E-state index is 5.43. The highest BCUT2D eigenvalue weighted by atomic mass is 16.5. The van der Waals surface area contributed by atoms with Gasteiger partial charge in [-0.3, -0.25) is 4.40 Å². The maximum Gasteiger partial charge on any atom is 0.213 e. The zero-order valence-electron chi connectivity index (χ0n) is 15.0. The first kappa shape index (κ1) is 17.7. The van der Waals surface area contributed by atoms with E-state index in [4.69, 9.17) is 4.74 Å². The second-order valence-electron chi connectivity index (χ2n) is 5.53. The van der Waals surface area contributed by atoms with Crippen molar-refractivity contribution in [2.24, 2.45) is 4.99 Å². The third-order valence-electron chi connectivity index (χ3n) is 3.65. The fraction of sp³-hybridized carbons (Fsp3) is 0.333. The second-order valence-corrected chi connectivity index (χ2v) is 5.53. The van der Waals surface area contributed by atoms with Gasteiger partial charge in [-0.1, -0.05) is 6.07 Å². The number of guanidine groups is 1. The van der Waals surface area contributed by atoms with Crippen molar-refractivity contribution < 1.29 is 4.74 Å². The number of rotatable bonds is 7. The Morgan fingerprint density at radius 3 is 2.96 bits per heavy atom. The van der Waals surface area contributed by atoms with Crippen molar-refractivity contribution in [1.82, 2.24) is 30.2 Å². The number of nitrogens with one attached hydrogen (secondary N) is 2. The van der Waals surface area contributed by atoms with Gasteiger partial charge in [-0.05, 0) is 37.6 Å². The molecule has 0 spiro atoms. The minimum Gasteiger partial charge on any atom is -0.478 e. The third kappa shape index (κ3) is 4.47. The number of pyridine rings is 2. The number of nitrogens with zero attached hydrogens (tertiary/aromatic N) is 5. The van der Waals surface area contributed by atoms with Crippen molar-refractivity contribution in [3.63, 3.8) is 0 Å².